The molecule has 0 atom stereocenters. The Balaban J connectivity index is 2.02. The lowest BCUT2D eigenvalue weighted by atomic mass is 10.1. The van der Waals surface area contributed by atoms with Gasteiger partial charge in [-0.3, -0.25) is 0 Å². The van der Waals surface area contributed by atoms with Crippen molar-refractivity contribution in [1.82, 2.24) is 0 Å². The van der Waals surface area contributed by atoms with Gasteiger partial charge in [-0.1, -0.05) is 41.9 Å². The highest BCUT2D eigenvalue weighted by molar-refractivity contribution is 6.30. The van der Waals surface area contributed by atoms with Crippen molar-refractivity contribution in [2.24, 2.45) is 0 Å². The standard InChI is InChI=1S/C20H20ClNO/c1-20(2,3)22-19-16-6-4-5-7-17(16)23-18(19)13-10-14-8-11-15(21)12-9-14/h4-13,22H,1-3H3/b13-10+. The molecule has 1 aromatic heterocycles. The summed E-state index contributed by atoms with van der Waals surface area (Å²) in [4.78, 5) is 0. The van der Waals surface area contributed by atoms with Crippen LogP contribution in [0.3, 0.4) is 0 Å². The van der Waals surface area contributed by atoms with Gasteiger partial charge < -0.3 is 9.73 Å². The maximum Gasteiger partial charge on any atom is 0.151 e. The van der Waals surface area contributed by atoms with Crippen molar-refractivity contribution in [3.63, 3.8) is 0 Å². The average Bonchev–Trinajstić information content (AvgIpc) is 2.83. The van der Waals surface area contributed by atoms with E-state index in [0.717, 1.165) is 33.0 Å². The van der Waals surface area contributed by atoms with E-state index in [4.69, 9.17) is 16.0 Å². The van der Waals surface area contributed by atoms with E-state index >= 15 is 0 Å². The molecule has 0 aliphatic heterocycles. The largest absolute Gasteiger partial charge is 0.454 e. The Bertz CT molecular complexity index is 838. The number of rotatable bonds is 3. The number of anilines is 1. The minimum Gasteiger partial charge on any atom is -0.454 e. The number of hydrogen-bond donors (Lipinski definition) is 1. The van der Waals surface area contributed by atoms with Crippen LogP contribution in [-0.2, 0) is 0 Å². The second-order valence-electron chi connectivity index (χ2n) is 6.60. The molecule has 0 aliphatic rings. The predicted octanol–water partition coefficient (Wildman–Crippen LogP) is 6.47. The van der Waals surface area contributed by atoms with Gasteiger partial charge >= 0.3 is 0 Å². The lowest BCUT2D eigenvalue weighted by molar-refractivity contribution is 0.595. The van der Waals surface area contributed by atoms with Crippen LogP contribution in [0.1, 0.15) is 32.1 Å². The fraction of sp³-hybridized carbons (Fsp3) is 0.200. The summed E-state index contributed by atoms with van der Waals surface area (Å²) in [5, 5.41) is 5.38. The Morgan fingerprint density at radius 3 is 2.35 bits per heavy atom. The van der Waals surface area contributed by atoms with Crippen molar-refractivity contribution in [3.05, 3.63) is 64.9 Å². The molecule has 0 saturated heterocycles. The summed E-state index contributed by atoms with van der Waals surface area (Å²) in [6.45, 7) is 6.42. The smallest absolute Gasteiger partial charge is 0.151 e. The van der Waals surface area contributed by atoms with Crippen LogP contribution in [-0.4, -0.2) is 5.54 Å². The van der Waals surface area contributed by atoms with Gasteiger partial charge in [-0.2, -0.15) is 0 Å². The molecule has 0 radical (unpaired) electrons. The topological polar surface area (TPSA) is 25.2 Å². The van der Waals surface area contributed by atoms with Crippen LogP contribution in [0.25, 0.3) is 23.1 Å². The van der Waals surface area contributed by atoms with Crippen molar-refractivity contribution < 1.29 is 4.42 Å². The summed E-state index contributed by atoms with van der Waals surface area (Å²) in [5.41, 5.74) is 2.94. The third-order valence-electron chi connectivity index (χ3n) is 3.42. The quantitative estimate of drug-likeness (QED) is 0.597. The minimum atomic E-state index is -0.0461. The molecular weight excluding hydrogens is 306 g/mol. The van der Waals surface area contributed by atoms with Gasteiger partial charge in [0.05, 0.1) is 5.69 Å². The second-order valence-corrected chi connectivity index (χ2v) is 7.03. The highest BCUT2D eigenvalue weighted by atomic mass is 35.5. The van der Waals surface area contributed by atoms with Crippen LogP contribution in [0, 0.1) is 0 Å². The Morgan fingerprint density at radius 2 is 1.65 bits per heavy atom. The van der Waals surface area contributed by atoms with E-state index in [-0.39, 0.29) is 5.54 Å². The molecule has 1 heterocycles. The number of halogens is 1. The summed E-state index contributed by atoms with van der Waals surface area (Å²) in [7, 11) is 0. The van der Waals surface area contributed by atoms with E-state index in [2.05, 4.69) is 32.2 Å². The highest BCUT2D eigenvalue weighted by Gasteiger charge is 2.17. The van der Waals surface area contributed by atoms with E-state index < -0.39 is 0 Å². The normalized spacial score (nSPS) is 12.2. The summed E-state index contributed by atoms with van der Waals surface area (Å²) >= 11 is 5.93. The van der Waals surface area contributed by atoms with Crippen molar-refractivity contribution in [1.29, 1.82) is 0 Å². The molecule has 23 heavy (non-hydrogen) atoms. The maximum absolute atomic E-state index is 6.02. The van der Waals surface area contributed by atoms with Gasteiger partial charge in [-0.15, -0.1) is 0 Å². The SMILES string of the molecule is CC(C)(C)Nc1c(/C=C/c2ccc(Cl)cc2)oc2ccccc12. The van der Waals surface area contributed by atoms with Crippen molar-refractivity contribution in [3.8, 4) is 0 Å². The molecule has 2 aromatic carbocycles. The Kier molecular flexibility index (Phi) is 4.18. The van der Waals surface area contributed by atoms with Crippen LogP contribution in [0.4, 0.5) is 5.69 Å². The van der Waals surface area contributed by atoms with Crippen LogP contribution < -0.4 is 5.32 Å². The number of benzene rings is 2. The third-order valence-corrected chi connectivity index (χ3v) is 3.67. The zero-order valence-corrected chi connectivity index (χ0v) is 14.3. The first-order chi connectivity index (χ1) is 10.9. The molecule has 3 heteroatoms. The van der Waals surface area contributed by atoms with Crippen molar-refractivity contribution in [2.45, 2.75) is 26.3 Å². The Labute approximate surface area is 141 Å². The highest BCUT2D eigenvalue weighted by Crippen LogP contribution is 2.34. The maximum atomic E-state index is 6.02. The third kappa shape index (κ3) is 3.77. The molecule has 0 spiro atoms. The zero-order chi connectivity index (χ0) is 16.4. The van der Waals surface area contributed by atoms with E-state index in [1.54, 1.807) is 0 Å². The van der Waals surface area contributed by atoms with Gasteiger partial charge in [0.15, 0.2) is 5.76 Å². The fourth-order valence-corrected chi connectivity index (χ4v) is 2.56. The molecule has 0 unspecified atom stereocenters. The zero-order valence-electron chi connectivity index (χ0n) is 13.6. The average molecular weight is 326 g/mol. The number of nitrogens with one attached hydrogen (secondary N) is 1. The molecule has 2 nitrogen and oxygen atoms in total. The molecule has 3 aromatic rings. The first-order valence-electron chi connectivity index (χ1n) is 7.66. The van der Waals surface area contributed by atoms with Crippen LogP contribution >= 0.6 is 11.6 Å². The predicted molar refractivity (Wildman–Crippen MR) is 100.0 cm³/mol. The van der Waals surface area contributed by atoms with Crippen LogP contribution in [0.5, 0.6) is 0 Å². The van der Waals surface area contributed by atoms with Gasteiger partial charge in [0, 0.05) is 15.9 Å². The van der Waals surface area contributed by atoms with Gasteiger partial charge in [-0.25, -0.2) is 0 Å². The first kappa shape index (κ1) is 15.7. The Morgan fingerprint density at radius 1 is 0.957 bits per heavy atom. The van der Waals surface area contributed by atoms with Gasteiger partial charge in [0.2, 0.25) is 0 Å². The van der Waals surface area contributed by atoms with E-state index in [1.807, 2.05) is 54.6 Å². The lowest BCUT2D eigenvalue weighted by Gasteiger charge is -2.21. The molecular formula is C20H20ClNO. The van der Waals surface area contributed by atoms with Crippen LogP contribution in [0.2, 0.25) is 5.02 Å². The summed E-state index contributed by atoms with van der Waals surface area (Å²) < 4.78 is 6.02. The van der Waals surface area contributed by atoms with Crippen LogP contribution in [0.15, 0.2) is 52.9 Å². The molecule has 3 rings (SSSR count). The second kappa shape index (κ2) is 6.13. The summed E-state index contributed by atoms with van der Waals surface area (Å²) in [6, 6.07) is 15.8. The van der Waals surface area contributed by atoms with Gasteiger partial charge in [-0.05, 0) is 56.7 Å². The van der Waals surface area contributed by atoms with Crippen molar-refractivity contribution >= 4 is 40.4 Å². The van der Waals surface area contributed by atoms with Gasteiger partial charge in [0.25, 0.3) is 0 Å². The summed E-state index contributed by atoms with van der Waals surface area (Å²) in [6.07, 6.45) is 4.03. The molecule has 0 fully saturated rings. The molecule has 0 aliphatic carbocycles. The number of para-hydroxylation sites is 1. The number of furan rings is 1. The van der Waals surface area contributed by atoms with Crippen molar-refractivity contribution in [2.75, 3.05) is 5.32 Å². The molecule has 1 N–H and O–H groups in total. The van der Waals surface area contributed by atoms with E-state index in [1.165, 1.54) is 0 Å². The molecule has 0 bridgehead atoms. The lowest BCUT2D eigenvalue weighted by Crippen LogP contribution is -2.26. The van der Waals surface area contributed by atoms with E-state index in [0.29, 0.717) is 0 Å². The fourth-order valence-electron chi connectivity index (χ4n) is 2.43. The van der Waals surface area contributed by atoms with Gasteiger partial charge in [0.1, 0.15) is 5.58 Å². The Hall–Kier alpha value is -2.19. The minimum absolute atomic E-state index is 0.0461. The number of fused-ring (bicyclic) bond motifs is 1. The summed E-state index contributed by atoms with van der Waals surface area (Å²) in [5.74, 6) is 0.830. The monoisotopic (exact) mass is 325 g/mol. The number of hydrogen-bond acceptors (Lipinski definition) is 2. The first-order valence-corrected chi connectivity index (χ1v) is 8.03. The molecule has 0 saturated carbocycles. The molecule has 0 amide bonds. The van der Waals surface area contributed by atoms with E-state index in [9.17, 15) is 0 Å². The molecule has 118 valence electrons.